The van der Waals surface area contributed by atoms with E-state index in [1.807, 2.05) is 0 Å². The normalized spacial score (nSPS) is 17.7. The Labute approximate surface area is 92.5 Å². The first-order valence-electron chi connectivity index (χ1n) is 5.72. The highest BCUT2D eigenvalue weighted by Gasteiger charge is 2.21. The van der Waals surface area contributed by atoms with Gasteiger partial charge < -0.3 is 4.90 Å². The maximum atomic E-state index is 2.50. The van der Waals surface area contributed by atoms with E-state index in [0.717, 1.165) is 13.2 Å². The SMILES string of the molecule is Cc1cccc(N2CCN(C(C)C)C2)c1. The van der Waals surface area contributed by atoms with E-state index in [1.54, 1.807) is 0 Å². The number of hydrogen-bond acceptors (Lipinski definition) is 2. The summed E-state index contributed by atoms with van der Waals surface area (Å²) in [4.78, 5) is 4.95. The highest BCUT2D eigenvalue weighted by molar-refractivity contribution is 5.49. The Bertz CT molecular complexity index is 333. The minimum Gasteiger partial charge on any atom is -0.357 e. The molecular weight excluding hydrogens is 184 g/mol. The highest BCUT2D eigenvalue weighted by Crippen LogP contribution is 2.20. The van der Waals surface area contributed by atoms with Crippen LogP contribution >= 0.6 is 0 Å². The minimum absolute atomic E-state index is 0.653. The Balaban J connectivity index is 2.08. The molecule has 0 saturated carbocycles. The number of aryl methyl sites for hydroxylation is 1. The van der Waals surface area contributed by atoms with Crippen LogP contribution in [0, 0.1) is 6.92 Å². The third-order valence-corrected chi connectivity index (χ3v) is 3.11. The summed E-state index contributed by atoms with van der Waals surface area (Å²) in [6.45, 7) is 10.1. The first-order valence-corrected chi connectivity index (χ1v) is 5.72. The van der Waals surface area contributed by atoms with Gasteiger partial charge in [0.2, 0.25) is 0 Å². The number of hydrogen-bond donors (Lipinski definition) is 0. The molecule has 1 aromatic carbocycles. The van der Waals surface area contributed by atoms with E-state index >= 15 is 0 Å². The first kappa shape index (κ1) is 10.5. The second-order valence-electron chi connectivity index (χ2n) is 4.65. The topological polar surface area (TPSA) is 6.48 Å². The van der Waals surface area contributed by atoms with Crippen LogP contribution in [-0.4, -0.2) is 30.7 Å². The first-order chi connectivity index (χ1) is 7.16. The number of nitrogens with zero attached hydrogens (tertiary/aromatic N) is 2. The molecule has 1 saturated heterocycles. The fourth-order valence-electron chi connectivity index (χ4n) is 2.07. The third kappa shape index (κ3) is 2.32. The van der Waals surface area contributed by atoms with Crippen molar-refractivity contribution in [1.29, 1.82) is 0 Å². The van der Waals surface area contributed by atoms with Crippen molar-refractivity contribution in [1.82, 2.24) is 4.90 Å². The molecule has 0 N–H and O–H groups in total. The molecule has 0 spiro atoms. The van der Waals surface area contributed by atoms with Gasteiger partial charge in [0.1, 0.15) is 0 Å². The van der Waals surface area contributed by atoms with Crippen molar-refractivity contribution in [3.8, 4) is 0 Å². The molecule has 0 radical (unpaired) electrons. The molecule has 0 aromatic heterocycles. The predicted molar refractivity (Wildman–Crippen MR) is 65.2 cm³/mol. The molecule has 0 bridgehead atoms. The summed E-state index contributed by atoms with van der Waals surface area (Å²) >= 11 is 0. The van der Waals surface area contributed by atoms with Gasteiger partial charge in [-0.25, -0.2) is 0 Å². The van der Waals surface area contributed by atoms with E-state index in [4.69, 9.17) is 0 Å². The Kier molecular flexibility index (Phi) is 2.96. The van der Waals surface area contributed by atoms with E-state index in [-0.39, 0.29) is 0 Å². The molecule has 2 nitrogen and oxygen atoms in total. The van der Waals surface area contributed by atoms with Crippen molar-refractivity contribution in [2.75, 3.05) is 24.7 Å². The zero-order valence-corrected chi connectivity index (χ0v) is 9.90. The summed E-state index contributed by atoms with van der Waals surface area (Å²) < 4.78 is 0. The van der Waals surface area contributed by atoms with Gasteiger partial charge in [0, 0.05) is 24.8 Å². The van der Waals surface area contributed by atoms with Crippen molar-refractivity contribution in [3.63, 3.8) is 0 Å². The molecule has 0 unspecified atom stereocenters. The van der Waals surface area contributed by atoms with Crippen molar-refractivity contribution in [2.24, 2.45) is 0 Å². The van der Waals surface area contributed by atoms with Gasteiger partial charge >= 0.3 is 0 Å². The summed E-state index contributed by atoms with van der Waals surface area (Å²) in [5, 5.41) is 0. The van der Waals surface area contributed by atoms with Gasteiger partial charge in [-0.15, -0.1) is 0 Å². The van der Waals surface area contributed by atoms with Crippen molar-refractivity contribution in [2.45, 2.75) is 26.8 Å². The van der Waals surface area contributed by atoms with Crippen LogP contribution in [0.25, 0.3) is 0 Å². The molecule has 1 fully saturated rings. The monoisotopic (exact) mass is 204 g/mol. The molecular formula is C13H20N2. The zero-order valence-electron chi connectivity index (χ0n) is 9.90. The second-order valence-corrected chi connectivity index (χ2v) is 4.65. The average Bonchev–Trinajstić information content (AvgIpc) is 2.66. The molecule has 0 atom stereocenters. The second kappa shape index (κ2) is 4.23. The lowest BCUT2D eigenvalue weighted by Gasteiger charge is -2.22. The largest absolute Gasteiger partial charge is 0.357 e. The summed E-state index contributed by atoms with van der Waals surface area (Å²) in [7, 11) is 0. The third-order valence-electron chi connectivity index (χ3n) is 3.11. The molecule has 2 rings (SSSR count). The predicted octanol–water partition coefficient (Wildman–Crippen LogP) is 2.48. The molecule has 1 aliphatic heterocycles. The summed E-state index contributed by atoms with van der Waals surface area (Å²) in [6.07, 6.45) is 0. The van der Waals surface area contributed by atoms with Crippen LogP contribution in [0.3, 0.4) is 0 Å². The van der Waals surface area contributed by atoms with E-state index < -0.39 is 0 Å². The van der Waals surface area contributed by atoms with Crippen LogP contribution in [0.1, 0.15) is 19.4 Å². The summed E-state index contributed by atoms with van der Waals surface area (Å²) in [6, 6.07) is 9.42. The van der Waals surface area contributed by atoms with Crippen LogP contribution in [-0.2, 0) is 0 Å². The van der Waals surface area contributed by atoms with Crippen LogP contribution in [0.5, 0.6) is 0 Å². The van der Waals surface area contributed by atoms with Gasteiger partial charge in [-0.05, 0) is 38.5 Å². The Hall–Kier alpha value is -1.02. The number of anilines is 1. The van der Waals surface area contributed by atoms with Crippen LogP contribution in [0.15, 0.2) is 24.3 Å². The van der Waals surface area contributed by atoms with E-state index in [1.165, 1.54) is 17.8 Å². The quantitative estimate of drug-likeness (QED) is 0.730. The molecule has 1 heterocycles. The summed E-state index contributed by atoms with van der Waals surface area (Å²) in [5.41, 5.74) is 2.70. The average molecular weight is 204 g/mol. The molecule has 82 valence electrons. The number of rotatable bonds is 2. The molecule has 0 aliphatic carbocycles. The molecule has 1 aromatic rings. The minimum atomic E-state index is 0.653. The fourth-order valence-corrected chi connectivity index (χ4v) is 2.07. The summed E-state index contributed by atoms with van der Waals surface area (Å²) in [5.74, 6) is 0. The van der Waals surface area contributed by atoms with Crippen molar-refractivity contribution < 1.29 is 0 Å². The van der Waals surface area contributed by atoms with E-state index in [2.05, 4.69) is 54.8 Å². The Morgan fingerprint density at radius 3 is 2.60 bits per heavy atom. The standard InChI is InChI=1S/C13H20N2/c1-11(2)14-7-8-15(10-14)13-6-4-5-12(3)9-13/h4-6,9,11H,7-8,10H2,1-3H3. The molecule has 2 heteroatoms. The van der Waals surface area contributed by atoms with E-state index in [0.29, 0.717) is 6.04 Å². The van der Waals surface area contributed by atoms with Crippen molar-refractivity contribution in [3.05, 3.63) is 29.8 Å². The fraction of sp³-hybridized carbons (Fsp3) is 0.538. The van der Waals surface area contributed by atoms with Crippen LogP contribution in [0.4, 0.5) is 5.69 Å². The molecule has 15 heavy (non-hydrogen) atoms. The van der Waals surface area contributed by atoms with Gasteiger partial charge in [-0.3, -0.25) is 4.90 Å². The highest BCUT2D eigenvalue weighted by atomic mass is 15.4. The van der Waals surface area contributed by atoms with E-state index in [9.17, 15) is 0 Å². The lowest BCUT2D eigenvalue weighted by atomic mass is 10.2. The lowest BCUT2D eigenvalue weighted by Crippen LogP contribution is -2.30. The van der Waals surface area contributed by atoms with Gasteiger partial charge in [-0.1, -0.05) is 12.1 Å². The smallest absolute Gasteiger partial charge is 0.0710 e. The molecule has 1 aliphatic rings. The Morgan fingerprint density at radius 1 is 1.20 bits per heavy atom. The maximum absolute atomic E-state index is 2.50. The van der Waals surface area contributed by atoms with Gasteiger partial charge in [0.15, 0.2) is 0 Å². The van der Waals surface area contributed by atoms with Gasteiger partial charge in [-0.2, -0.15) is 0 Å². The zero-order chi connectivity index (χ0) is 10.8. The molecule has 0 amide bonds. The van der Waals surface area contributed by atoms with Crippen LogP contribution in [0.2, 0.25) is 0 Å². The van der Waals surface area contributed by atoms with Crippen LogP contribution < -0.4 is 4.90 Å². The van der Waals surface area contributed by atoms with Gasteiger partial charge in [0.05, 0.1) is 6.67 Å². The lowest BCUT2D eigenvalue weighted by molar-refractivity contribution is 0.278. The van der Waals surface area contributed by atoms with Gasteiger partial charge in [0.25, 0.3) is 0 Å². The number of benzene rings is 1. The maximum Gasteiger partial charge on any atom is 0.0710 e. The Morgan fingerprint density at radius 2 is 2.00 bits per heavy atom. The van der Waals surface area contributed by atoms with Crippen molar-refractivity contribution >= 4 is 5.69 Å².